The van der Waals surface area contributed by atoms with Gasteiger partial charge in [-0.25, -0.2) is 8.42 Å². The molecule has 0 saturated heterocycles. The summed E-state index contributed by atoms with van der Waals surface area (Å²) < 4.78 is 33.0. The lowest BCUT2D eigenvalue weighted by atomic mass is 10.1. The number of anilines is 1. The molecule has 0 amide bonds. The fourth-order valence-electron chi connectivity index (χ4n) is 2.38. The summed E-state index contributed by atoms with van der Waals surface area (Å²) >= 11 is 0. The molecule has 0 fully saturated rings. The molecule has 0 unspecified atom stereocenters. The SMILES string of the molecule is CC(=O)c1cccc(S(=O)(=O)Nc2cccc3c2OCC3)c1. The summed E-state index contributed by atoms with van der Waals surface area (Å²) in [6.45, 7) is 1.95. The van der Waals surface area contributed by atoms with Gasteiger partial charge in [-0.3, -0.25) is 9.52 Å². The van der Waals surface area contributed by atoms with E-state index in [2.05, 4.69) is 4.72 Å². The zero-order valence-electron chi connectivity index (χ0n) is 12.0. The zero-order valence-corrected chi connectivity index (χ0v) is 12.8. The summed E-state index contributed by atoms with van der Waals surface area (Å²) in [6.07, 6.45) is 0.769. The van der Waals surface area contributed by atoms with E-state index in [4.69, 9.17) is 4.74 Å². The smallest absolute Gasteiger partial charge is 0.262 e. The van der Waals surface area contributed by atoms with Gasteiger partial charge in [-0.1, -0.05) is 24.3 Å². The summed E-state index contributed by atoms with van der Waals surface area (Å²) in [4.78, 5) is 11.5. The third-order valence-electron chi connectivity index (χ3n) is 3.51. The Hall–Kier alpha value is -2.34. The third-order valence-corrected chi connectivity index (χ3v) is 4.87. The first-order valence-corrected chi connectivity index (χ1v) is 8.34. The van der Waals surface area contributed by atoms with Gasteiger partial charge in [0.1, 0.15) is 5.75 Å². The molecule has 3 rings (SSSR count). The van der Waals surface area contributed by atoms with Crippen molar-refractivity contribution in [1.29, 1.82) is 0 Å². The van der Waals surface area contributed by atoms with Gasteiger partial charge in [0.15, 0.2) is 5.78 Å². The minimum Gasteiger partial charge on any atom is -0.491 e. The van der Waals surface area contributed by atoms with Crippen LogP contribution < -0.4 is 9.46 Å². The van der Waals surface area contributed by atoms with Crippen LogP contribution in [0.2, 0.25) is 0 Å². The number of carbonyl (C=O) groups excluding carboxylic acids is 1. The standard InChI is InChI=1S/C16H15NO4S/c1-11(18)13-5-2-6-14(10-13)22(19,20)17-15-7-3-4-12-8-9-21-16(12)15/h2-7,10,17H,8-9H2,1H3. The summed E-state index contributed by atoms with van der Waals surface area (Å²) in [5, 5.41) is 0. The highest BCUT2D eigenvalue weighted by atomic mass is 32.2. The number of carbonyl (C=O) groups is 1. The van der Waals surface area contributed by atoms with E-state index in [-0.39, 0.29) is 10.7 Å². The van der Waals surface area contributed by atoms with E-state index < -0.39 is 10.0 Å². The highest BCUT2D eigenvalue weighted by Crippen LogP contribution is 2.34. The van der Waals surface area contributed by atoms with Crippen LogP contribution in [0.25, 0.3) is 0 Å². The molecular formula is C16H15NO4S. The number of benzene rings is 2. The van der Waals surface area contributed by atoms with Gasteiger partial charge in [0.2, 0.25) is 0 Å². The van der Waals surface area contributed by atoms with Crippen molar-refractivity contribution in [2.45, 2.75) is 18.2 Å². The topological polar surface area (TPSA) is 72.5 Å². The van der Waals surface area contributed by atoms with Crippen LogP contribution in [0.1, 0.15) is 22.8 Å². The fourth-order valence-corrected chi connectivity index (χ4v) is 3.49. The largest absolute Gasteiger partial charge is 0.491 e. The number of ketones is 1. The maximum Gasteiger partial charge on any atom is 0.262 e. The second-order valence-electron chi connectivity index (χ2n) is 5.08. The number of fused-ring (bicyclic) bond motifs is 1. The van der Waals surface area contributed by atoms with Crippen LogP contribution in [0.3, 0.4) is 0 Å². The number of hydrogen-bond donors (Lipinski definition) is 1. The van der Waals surface area contributed by atoms with E-state index in [0.29, 0.717) is 23.6 Å². The number of sulfonamides is 1. The molecule has 1 aliphatic heterocycles. The first kappa shape index (κ1) is 14.6. The minimum absolute atomic E-state index is 0.0517. The van der Waals surface area contributed by atoms with Crippen LogP contribution in [0.4, 0.5) is 5.69 Å². The number of para-hydroxylation sites is 1. The highest BCUT2D eigenvalue weighted by Gasteiger charge is 2.21. The summed E-state index contributed by atoms with van der Waals surface area (Å²) in [7, 11) is -3.77. The summed E-state index contributed by atoms with van der Waals surface area (Å²) in [5.74, 6) is 0.398. The average Bonchev–Trinajstić information content (AvgIpc) is 2.97. The molecule has 2 aromatic carbocycles. The van der Waals surface area contributed by atoms with Crippen LogP contribution in [0.15, 0.2) is 47.4 Å². The van der Waals surface area contributed by atoms with E-state index >= 15 is 0 Å². The van der Waals surface area contributed by atoms with Crippen LogP contribution in [0, 0.1) is 0 Å². The average molecular weight is 317 g/mol. The first-order chi connectivity index (χ1) is 10.5. The summed E-state index contributed by atoms with van der Waals surface area (Å²) in [6, 6.07) is 11.3. The Morgan fingerprint density at radius 1 is 1.18 bits per heavy atom. The van der Waals surface area contributed by atoms with Crippen LogP contribution >= 0.6 is 0 Å². The van der Waals surface area contributed by atoms with Crippen molar-refractivity contribution >= 4 is 21.5 Å². The number of rotatable bonds is 4. The molecule has 1 aliphatic rings. The van der Waals surface area contributed by atoms with E-state index in [0.717, 1.165) is 12.0 Å². The molecule has 6 heteroatoms. The Bertz CT molecular complexity index is 843. The molecule has 0 radical (unpaired) electrons. The second-order valence-corrected chi connectivity index (χ2v) is 6.76. The van der Waals surface area contributed by atoms with Gasteiger partial charge in [-0.2, -0.15) is 0 Å². The molecule has 0 aliphatic carbocycles. The van der Waals surface area contributed by atoms with Crippen LogP contribution in [0.5, 0.6) is 5.75 Å². The van der Waals surface area contributed by atoms with E-state index in [1.807, 2.05) is 6.07 Å². The third kappa shape index (κ3) is 2.69. The minimum atomic E-state index is -3.77. The predicted octanol–water partition coefficient (Wildman–Crippen LogP) is 2.62. The Kier molecular flexibility index (Phi) is 3.62. The first-order valence-electron chi connectivity index (χ1n) is 6.86. The van der Waals surface area contributed by atoms with Gasteiger partial charge < -0.3 is 4.74 Å². The molecule has 0 aromatic heterocycles. The molecule has 1 N–H and O–H groups in total. The fraction of sp³-hybridized carbons (Fsp3) is 0.188. The van der Waals surface area contributed by atoms with Gasteiger partial charge in [-0.15, -0.1) is 0 Å². The van der Waals surface area contributed by atoms with Crippen molar-refractivity contribution < 1.29 is 17.9 Å². The monoisotopic (exact) mass is 317 g/mol. The van der Waals surface area contributed by atoms with Crippen molar-refractivity contribution in [2.75, 3.05) is 11.3 Å². The van der Waals surface area contributed by atoms with E-state index in [1.165, 1.54) is 19.1 Å². The van der Waals surface area contributed by atoms with Gasteiger partial charge >= 0.3 is 0 Å². The van der Waals surface area contributed by atoms with Gasteiger partial charge in [0.25, 0.3) is 10.0 Å². The lowest BCUT2D eigenvalue weighted by Crippen LogP contribution is -2.14. The van der Waals surface area contributed by atoms with Crippen molar-refractivity contribution in [3.63, 3.8) is 0 Å². The molecule has 5 nitrogen and oxygen atoms in total. The highest BCUT2D eigenvalue weighted by molar-refractivity contribution is 7.92. The molecule has 114 valence electrons. The second kappa shape index (κ2) is 5.46. The predicted molar refractivity (Wildman–Crippen MR) is 82.9 cm³/mol. The number of hydrogen-bond acceptors (Lipinski definition) is 4. The van der Waals surface area contributed by atoms with Crippen molar-refractivity contribution in [3.8, 4) is 5.75 Å². The Morgan fingerprint density at radius 3 is 2.73 bits per heavy atom. The van der Waals surface area contributed by atoms with Crippen LogP contribution in [-0.4, -0.2) is 20.8 Å². The maximum absolute atomic E-state index is 12.5. The van der Waals surface area contributed by atoms with Crippen molar-refractivity contribution in [1.82, 2.24) is 0 Å². The van der Waals surface area contributed by atoms with Crippen molar-refractivity contribution in [3.05, 3.63) is 53.6 Å². The van der Waals surface area contributed by atoms with Gasteiger partial charge in [0, 0.05) is 12.0 Å². The van der Waals surface area contributed by atoms with E-state index in [1.54, 1.807) is 24.3 Å². The molecule has 0 atom stereocenters. The zero-order chi connectivity index (χ0) is 15.7. The Morgan fingerprint density at radius 2 is 1.95 bits per heavy atom. The quantitative estimate of drug-likeness (QED) is 0.880. The molecule has 1 heterocycles. The molecule has 2 aromatic rings. The van der Waals surface area contributed by atoms with Crippen LogP contribution in [-0.2, 0) is 16.4 Å². The molecule has 0 saturated carbocycles. The molecular weight excluding hydrogens is 302 g/mol. The van der Waals surface area contributed by atoms with E-state index in [9.17, 15) is 13.2 Å². The van der Waals surface area contributed by atoms with Gasteiger partial charge in [-0.05, 0) is 30.7 Å². The normalized spacial score (nSPS) is 13.3. The Labute approximate surface area is 129 Å². The Balaban J connectivity index is 1.96. The number of ether oxygens (including phenoxy) is 1. The lowest BCUT2D eigenvalue weighted by molar-refractivity contribution is 0.101. The number of Topliss-reactive ketones (excluding diaryl/α,β-unsaturated/α-hetero) is 1. The lowest BCUT2D eigenvalue weighted by Gasteiger charge is -2.12. The van der Waals surface area contributed by atoms with Gasteiger partial charge in [0.05, 0.1) is 17.2 Å². The van der Waals surface area contributed by atoms with Crippen molar-refractivity contribution in [2.24, 2.45) is 0 Å². The summed E-state index contributed by atoms with van der Waals surface area (Å²) in [5.41, 5.74) is 1.76. The molecule has 22 heavy (non-hydrogen) atoms. The molecule has 0 spiro atoms. The maximum atomic E-state index is 12.5. The number of nitrogens with one attached hydrogen (secondary N) is 1. The molecule has 0 bridgehead atoms.